The number of nitrogens with two attached hydrogens (primary N) is 1. The number of rotatable bonds is 10. The summed E-state index contributed by atoms with van der Waals surface area (Å²) in [6.07, 6.45) is 9.39. The highest BCUT2D eigenvalue weighted by molar-refractivity contribution is 4.85. The van der Waals surface area contributed by atoms with Gasteiger partial charge in [0.05, 0.1) is 0 Å². The Morgan fingerprint density at radius 3 is 2.60 bits per heavy atom. The van der Waals surface area contributed by atoms with E-state index in [9.17, 15) is 0 Å². The molecule has 1 unspecified atom stereocenters. The van der Waals surface area contributed by atoms with Crippen molar-refractivity contribution in [2.45, 2.75) is 57.9 Å². The molecule has 0 spiro atoms. The largest absolute Gasteiger partial charge is 0.329 e. The highest BCUT2D eigenvalue weighted by Gasteiger charge is 2.20. The van der Waals surface area contributed by atoms with Crippen LogP contribution in [0.1, 0.15) is 52.4 Å². The van der Waals surface area contributed by atoms with Crippen molar-refractivity contribution in [1.82, 2.24) is 5.32 Å². The standard InChI is InChI=1S/C13H28N2/c1-4-6-8-9-10-13(3,12-14)15-11-7-5-2/h5,15H,2,4,6-12,14H2,1,3H3. The monoisotopic (exact) mass is 212 g/mol. The van der Waals surface area contributed by atoms with Crippen molar-refractivity contribution < 1.29 is 0 Å². The molecule has 90 valence electrons. The van der Waals surface area contributed by atoms with E-state index in [1.807, 2.05) is 6.08 Å². The number of unbranched alkanes of at least 4 members (excludes halogenated alkanes) is 3. The molecule has 0 heterocycles. The van der Waals surface area contributed by atoms with E-state index < -0.39 is 0 Å². The fourth-order valence-electron chi connectivity index (χ4n) is 1.68. The Hall–Kier alpha value is -0.340. The van der Waals surface area contributed by atoms with Crippen LogP contribution >= 0.6 is 0 Å². The third-order valence-electron chi connectivity index (χ3n) is 2.93. The van der Waals surface area contributed by atoms with E-state index in [-0.39, 0.29) is 5.54 Å². The zero-order valence-corrected chi connectivity index (χ0v) is 10.5. The van der Waals surface area contributed by atoms with Gasteiger partial charge in [0.25, 0.3) is 0 Å². The molecule has 2 heteroatoms. The van der Waals surface area contributed by atoms with Crippen molar-refractivity contribution in [3.05, 3.63) is 12.7 Å². The van der Waals surface area contributed by atoms with E-state index >= 15 is 0 Å². The molecule has 1 atom stereocenters. The summed E-state index contributed by atoms with van der Waals surface area (Å²) >= 11 is 0. The van der Waals surface area contributed by atoms with E-state index in [0.717, 1.165) is 19.5 Å². The Balaban J connectivity index is 3.69. The lowest BCUT2D eigenvalue weighted by Gasteiger charge is -2.29. The molecular formula is C13H28N2. The number of nitrogens with one attached hydrogen (secondary N) is 1. The summed E-state index contributed by atoms with van der Waals surface area (Å²) < 4.78 is 0. The normalized spacial score (nSPS) is 14.9. The van der Waals surface area contributed by atoms with E-state index in [0.29, 0.717) is 0 Å². The van der Waals surface area contributed by atoms with Crippen LogP contribution in [0.25, 0.3) is 0 Å². The molecule has 0 saturated carbocycles. The molecule has 0 aliphatic heterocycles. The number of hydrogen-bond donors (Lipinski definition) is 2. The Kier molecular flexibility index (Phi) is 8.73. The summed E-state index contributed by atoms with van der Waals surface area (Å²) in [7, 11) is 0. The lowest BCUT2D eigenvalue weighted by atomic mass is 9.94. The molecule has 0 aromatic rings. The van der Waals surface area contributed by atoms with Gasteiger partial charge in [-0.05, 0) is 26.3 Å². The van der Waals surface area contributed by atoms with Gasteiger partial charge in [-0.3, -0.25) is 0 Å². The van der Waals surface area contributed by atoms with Crippen LogP contribution in [0, 0.1) is 0 Å². The van der Waals surface area contributed by atoms with Gasteiger partial charge >= 0.3 is 0 Å². The van der Waals surface area contributed by atoms with Gasteiger partial charge < -0.3 is 11.1 Å². The predicted octanol–water partition coefficient (Wildman–Crippen LogP) is 2.84. The highest BCUT2D eigenvalue weighted by atomic mass is 15.0. The Bertz CT molecular complexity index is 157. The van der Waals surface area contributed by atoms with Gasteiger partial charge in [-0.1, -0.05) is 38.7 Å². The van der Waals surface area contributed by atoms with Gasteiger partial charge in [-0.25, -0.2) is 0 Å². The quantitative estimate of drug-likeness (QED) is 0.432. The summed E-state index contributed by atoms with van der Waals surface area (Å²) in [5.41, 5.74) is 5.94. The fraction of sp³-hybridized carbons (Fsp3) is 0.846. The van der Waals surface area contributed by atoms with E-state index in [1.54, 1.807) is 0 Å². The smallest absolute Gasteiger partial charge is 0.0275 e. The van der Waals surface area contributed by atoms with Crippen molar-refractivity contribution in [2.75, 3.05) is 13.1 Å². The van der Waals surface area contributed by atoms with Crippen LogP contribution < -0.4 is 11.1 Å². The molecule has 0 amide bonds. The maximum absolute atomic E-state index is 5.82. The number of hydrogen-bond acceptors (Lipinski definition) is 2. The first-order chi connectivity index (χ1) is 7.18. The van der Waals surface area contributed by atoms with Crippen molar-refractivity contribution in [3.63, 3.8) is 0 Å². The van der Waals surface area contributed by atoms with Gasteiger partial charge in [0.2, 0.25) is 0 Å². The van der Waals surface area contributed by atoms with E-state index in [1.165, 1.54) is 32.1 Å². The van der Waals surface area contributed by atoms with Crippen molar-refractivity contribution in [2.24, 2.45) is 5.73 Å². The average Bonchev–Trinajstić information content (AvgIpc) is 2.25. The summed E-state index contributed by atoms with van der Waals surface area (Å²) in [5, 5.41) is 3.53. The van der Waals surface area contributed by atoms with Crippen LogP contribution in [-0.2, 0) is 0 Å². The minimum absolute atomic E-state index is 0.122. The van der Waals surface area contributed by atoms with Crippen LogP contribution in [-0.4, -0.2) is 18.6 Å². The van der Waals surface area contributed by atoms with E-state index in [4.69, 9.17) is 5.73 Å². The molecule has 15 heavy (non-hydrogen) atoms. The summed E-state index contributed by atoms with van der Waals surface area (Å²) in [6.45, 7) is 9.90. The van der Waals surface area contributed by atoms with Crippen LogP contribution in [0.5, 0.6) is 0 Å². The first-order valence-electron chi connectivity index (χ1n) is 6.24. The molecule has 0 aromatic heterocycles. The molecular weight excluding hydrogens is 184 g/mol. The minimum atomic E-state index is 0.122. The van der Waals surface area contributed by atoms with Crippen LogP contribution in [0.4, 0.5) is 0 Å². The zero-order valence-electron chi connectivity index (χ0n) is 10.5. The molecule has 0 radical (unpaired) electrons. The maximum Gasteiger partial charge on any atom is 0.0275 e. The lowest BCUT2D eigenvalue weighted by Crippen LogP contribution is -2.48. The zero-order chi connectivity index (χ0) is 11.6. The molecule has 0 bridgehead atoms. The molecule has 2 nitrogen and oxygen atoms in total. The van der Waals surface area contributed by atoms with Crippen LogP contribution in [0.2, 0.25) is 0 Å². The van der Waals surface area contributed by atoms with Crippen molar-refractivity contribution in [1.29, 1.82) is 0 Å². The minimum Gasteiger partial charge on any atom is -0.329 e. The van der Waals surface area contributed by atoms with Gasteiger partial charge in [-0.15, -0.1) is 6.58 Å². The second kappa shape index (κ2) is 8.93. The third-order valence-corrected chi connectivity index (χ3v) is 2.93. The average molecular weight is 212 g/mol. The molecule has 0 aromatic carbocycles. The van der Waals surface area contributed by atoms with Gasteiger partial charge in [-0.2, -0.15) is 0 Å². The first-order valence-corrected chi connectivity index (χ1v) is 6.24. The Morgan fingerprint density at radius 2 is 2.07 bits per heavy atom. The summed E-state index contributed by atoms with van der Waals surface area (Å²) in [4.78, 5) is 0. The molecule has 0 rings (SSSR count). The fourth-order valence-corrected chi connectivity index (χ4v) is 1.68. The predicted molar refractivity (Wildman–Crippen MR) is 69.0 cm³/mol. The van der Waals surface area contributed by atoms with Crippen molar-refractivity contribution >= 4 is 0 Å². The Morgan fingerprint density at radius 1 is 1.33 bits per heavy atom. The summed E-state index contributed by atoms with van der Waals surface area (Å²) in [6, 6.07) is 0. The highest BCUT2D eigenvalue weighted by Crippen LogP contribution is 2.14. The van der Waals surface area contributed by atoms with Crippen molar-refractivity contribution in [3.8, 4) is 0 Å². The SMILES string of the molecule is C=CCCNC(C)(CN)CCCCCC. The van der Waals surface area contributed by atoms with Gasteiger partial charge in [0, 0.05) is 12.1 Å². The first kappa shape index (κ1) is 14.7. The molecule has 0 aliphatic carbocycles. The third kappa shape index (κ3) is 7.57. The molecule has 0 saturated heterocycles. The summed E-state index contributed by atoms with van der Waals surface area (Å²) in [5.74, 6) is 0. The van der Waals surface area contributed by atoms with E-state index in [2.05, 4.69) is 25.7 Å². The second-order valence-electron chi connectivity index (χ2n) is 4.58. The second-order valence-corrected chi connectivity index (χ2v) is 4.58. The molecule has 0 fully saturated rings. The Labute approximate surface area is 95.3 Å². The lowest BCUT2D eigenvalue weighted by molar-refractivity contribution is 0.329. The molecule has 0 aliphatic rings. The van der Waals surface area contributed by atoms with Gasteiger partial charge in [0.15, 0.2) is 0 Å². The van der Waals surface area contributed by atoms with Crippen LogP contribution in [0.3, 0.4) is 0 Å². The molecule has 3 N–H and O–H groups in total. The van der Waals surface area contributed by atoms with Crippen LogP contribution in [0.15, 0.2) is 12.7 Å². The maximum atomic E-state index is 5.82. The topological polar surface area (TPSA) is 38.0 Å². The van der Waals surface area contributed by atoms with Gasteiger partial charge in [0.1, 0.15) is 0 Å².